The third-order valence-electron chi connectivity index (χ3n) is 5.44. The summed E-state index contributed by atoms with van der Waals surface area (Å²) in [4.78, 5) is 25.3. The van der Waals surface area contributed by atoms with Crippen molar-refractivity contribution in [3.8, 4) is 0 Å². The summed E-state index contributed by atoms with van der Waals surface area (Å²) in [5.41, 5.74) is 0.355. The van der Waals surface area contributed by atoms with Crippen LogP contribution in [0.2, 0.25) is 0 Å². The van der Waals surface area contributed by atoms with Crippen LogP contribution in [0.3, 0.4) is 0 Å². The summed E-state index contributed by atoms with van der Waals surface area (Å²) >= 11 is 0. The molecule has 1 saturated heterocycles. The summed E-state index contributed by atoms with van der Waals surface area (Å²) in [7, 11) is 0. The van der Waals surface area contributed by atoms with E-state index in [1.165, 1.54) is 31.7 Å². The maximum atomic E-state index is 13.9. The van der Waals surface area contributed by atoms with Crippen molar-refractivity contribution in [2.75, 3.05) is 31.1 Å². The standard InChI is InChI=1S/C19H23FN4O/c20-16-8-4-7-15-17(16)21-13-22-18(15)23-9-11-24(12-10-23)19(25)14-5-2-1-3-6-14/h4,7-8,13-14H,1-3,5-6,9-12H2. The number of benzene rings is 1. The van der Waals surface area contributed by atoms with E-state index in [-0.39, 0.29) is 11.7 Å². The second-order valence-corrected chi connectivity index (χ2v) is 6.98. The third kappa shape index (κ3) is 3.17. The fourth-order valence-electron chi connectivity index (χ4n) is 4.04. The maximum Gasteiger partial charge on any atom is 0.225 e. The Kier molecular flexibility index (Phi) is 4.51. The molecule has 0 spiro atoms. The Hall–Kier alpha value is -2.24. The molecule has 2 aromatic rings. The van der Waals surface area contributed by atoms with Crippen LogP contribution in [0, 0.1) is 11.7 Å². The minimum absolute atomic E-state index is 0.217. The number of rotatable bonds is 2. The molecule has 2 aliphatic rings. The first-order valence-corrected chi connectivity index (χ1v) is 9.17. The highest BCUT2D eigenvalue weighted by Crippen LogP contribution is 2.28. The van der Waals surface area contributed by atoms with Gasteiger partial charge in [-0.1, -0.05) is 25.3 Å². The molecule has 6 heteroatoms. The fourth-order valence-corrected chi connectivity index (χ4v) is 4.04. The molecule has 1 aliphatic carbocycles. The molecule has 1 aromatic heterocycles. The van der Waals surface area contributed by atoms with Gasteiger partial charge in [0.1, 0.15) is 23.5 Å². The fraction of sp³-hybridized carbons (Fsp3) is 0.526. The van der Waals surface area contributed by atoms with Gasteiger partial charge in [0.15, 0.2) is 0 Å². The average molecular weight is 342 g/mol. The molecule has 2 heterocycles. The van der Waals surface area contributed by atoms with Crippen molar-refractivity contribution in [3.05, 3.63) is 30.3 Å². The second kappa shape index (κ2) is 6.94. The molecule has 4 rings (SSSR count). The molecule has 132 valence electrons. The van der Waals surface area contributed by atoms with Gasteiger partial charge in [0.25, 0.3) is 0 Å². The largest absolute Gasteiger partial charge is 0.352 e. The van der Waals surface area contributed by atoms with Gasteiger partial charge >= 0.3 is 0 Å². The number of hydrogen-bond acceptors (Lipinski definition) is 4. The quantitative estimate of drug-likeness (QED) is 0.842. The zero-order chi connectivity index (χ0) is 17.2. The van der Waals surface area contributed by atoms with Crippen LogP contribution in [-0.4, -0.2) is 47.0 Å². The van der Waals surface area contributed by atoms with Gasteiger partial charge in [-0.15, -0.1) is 0 Å². The van der Waals surface area contributed by atoms with Gasteiger partial charge in [-0.2, -0.15) is 0 Å². The molecular weight excluding hydrogens is 319 g/mol. The van der Waals surface area contributed by atoms with E-state index in [1.54, 1.807) is 6.07 Å². The lowest BCUT2D eigenvalue weighted by Crippen LogP contribution is -2.50. The molecular formula is C19H23FN4O. The first-order chi connectivity index (χ1) is 12.2. The summed E-state index contributed by atoms with van der Waals surface area (Å²) in [5.74, 6) is 0.966. The van der Waals surface area contributed by atoms with Gasteiger partial charge in [-0.05, 0) is 25.0 Å². The molecule has 0 bridgehead atoms. The number of para-hydroxylation sites is 1. The molecule has 1 amide bonds. The maximum absolute atomic E-state index is 13.9. The zero-order valence-electron chi connectivity index (χ0n) is 14.3. The highest BCUT2D eigenvalue weighted by molar-refractivity contribution is 5.89. The van der Waals surface area contributed by atoms with Crippen LogP contribution in [0.1, 0.15) is 32.1 Å². The van der Waals surface area contributed by atoms with Gasteiger partial charge in [0.05, 0.1) is 0 Å². The number of fused-ring (bicyclic) bond motifs is 1. The number of halogens is 1. The molecule has 1 saturated carbocycles. The number of anilines is 1. The van der Waals surface area contributed by atoms with E-state index in [4.69, 9.17) is 0 Å². The van der Waals surface area contributed by atoms with Crippen molar-refractivity contribution in [3.63, 3.8) is 0 Å². The van der Waals surface area contributed by atoms with Crippen molar-refractivity contribution >= 4 is 22.6 Å². The Morgan fingerprint density at radius 1 is 1.04 bits per heavy atom. The van der Waals surface area contributed by atoms with E-state index in [2.05, 4.69) is 14.9 Å². The molecule has 0 unspecified atom stereocenters. The van der Waals surface area contributed by atoms with Crippen molar-refractivity contribution in [2.24, 2.45) is 5.92 Å². The lowest BCUT2D eigenvalue weighted by atomic mass is 9.88. The Morgan fingerprint density at radius 2 is 1.80 bits per heavy atom. The van der Waals surface area contributed by atoms with Crippen LogP contribution in [0.5, 0.6) is 0 Å². The molecule has 0 N–H and O–H groups in total. The summed E-state index contributed by atoms with van der Waals surface area (Å²) in [6.45, 7) is 2.86. The van der Waals surface area contributed by atoms with Crippen LogP contribution < -0.4 is 4.90 Å². The van der Waals surface area contributed by atoms with Crippen LogP contribution in [-0.2, 0) is 4.79 Å². The van der Waals surface area contributed by atoms with Crippen molar-refractivity contribution in [1.82, 2.24) is 14.9 Å². The van der Waals surface area contributed by atoms with E-state index in [0.29, 0.717) is 24.5 Å². The zero-order valence-corrected chi connectivity index (χ0v) is 14.3. The van der Waals surface area contributed by atoms with Crippen molar-refractivity contribution in [1.29, 1.82) is 0 Å². The first-order valence-electron chi connectivity index (χ1n) is 9.17. The predicted molar refractivity (Wildman–Crippen MR) is 94.9 cm³/mol. The molecule has 2 fully saturated rings. The lowest BCUT2D eigenvalue weighted by Gasteiger charge is -2.37. The number of carbonyl (C=O) groups is 1. The van der Waals surface area contributed by atoms with E-state index in [0.717, 1.165) is 37.1 Å². The lowest BCUT2D eigenvalue weighted by molar-refractivity contribution is -0.136. The van der Waals surface area contributed by atoms with Gasteiger partial charge < -0.3 is 9.80 Å². The molecule has 1 aliphatic heterocycles. The molecule has 1 aromatic carbocycles. The Morgan fingerprint density at radius 3 is 2.56 bits per heavy atom. The second-order valence-electron chi connectivity index (χ2n) is 6.98. The summed E-state index contributed by atoms with van der Waals surface area (Å²) in [6, 6.07) is 4.96. The summed E-state index contributed by atoms with van der Waals surface area (Å²) in [5, 5.41) is 0.731. The van der Waals surface area contributed by atoms with E-state index >= 15 is 0 Å². The SMILES string of the molecule is O=C(C1CCCCC1)N1CCN(c2ncnc3c(F)cccc23)CC1. The normalized spacial score (nSPS) is 19.4. The number of nitrogens with zero attached hydrogens (tertiary/aromatic N) is 4. The predicted octanol–water partition coefficient (Wildman–Crippen LogP) is 3.00. The minimum Gasteiger partial charge on any atom is -0.352 e. The van der Waals surface area contributed by atoms with Gasteiger partial charge in [0, 0.05) is 37.5 Å². The topological polar surface area (TPSA) is 49.3 Å². The van der Waals surface area contributed by atoms with Gasteiger partial charge in [0.2, 0.25) is 5.91 Å². The van der Waals surface area contributed by atoms with Gasteiger partial charge in [-0.3, -0.25) is 4.79 Å². The third-order valence-corrected chi connectivity index (χ3v) is 5.44. The minimum atomic E-state index is -0.327. The summed E-state index contributed by atoms with van der Waals surface area (Å²) in [6.07, 6.45) is 7.10. The molecule has 0 atom stereocenters. The highest BCUT2D eigenvalue weighted by Gasteiger charge is 2.29. The monoisotopic (exact) mass is 342 g/mol. The average Bonchev–Trinajstić information content (AvgIpc) is 2.68. The molecule has 0 radical (unpaired) electrons. The summed E-state index contributed by atoms with van der Waals surface area (Å²) < 4.78 is 13.9. The Balaban J connectivity index is 1.47. The van der Waals surface area contributed by atoms with Gasteiger partial charge in [-0.25, -0.2) is 14.4 Å². The van der Waals surface area contributed by atoms with Crippen LogP contribution in [0.4, 0.5) is 10.2 Å². The molecule has 25 heavy (non-hydrogen) atoms. The van der Waals surface area contributed by atoms with E-state index in [1.807, 2.05) is 11.0 Å². The first kappa shape index (κ1) is 16.2. The van der Waals surface area contributed by atoms with E-state index in [9.17, 15) is 9.18 Å². The van der Waals surface area contributed by atoms with Crippen molar-refractivity contribution in [2.45, 2.75) is 32.1 Å². The number of carbonyl (C=O) groups excluding carboxylic acids is 1. The number of hydrogen-bond donors (Lipinski definition) is 0. The van der Waals surface area contributed by atoms with Crippen LogP contribution in [0.15, 0.2) is 24.5 Å². The Labute approximate surface area is 146 Å². The number of aromatic nitrogens is 2. The van der Waals surface area contributed by atoms with E-state index < -0.39 is 0 Å². The van der Waals surface area contributed by atoms with Crippen LogP contribution >= 0.6 is 0 Å². The molecule has 5 nitrogen and oxygen atoms in total. The Bertz CT molecular complexity index is 767. The smallest absolute Gasteiger partial charge is 0.225 e. The number of amides is 1. The van der Waals surface area contributed by atoms with Crippen molar-refractivity contribution < 1.29 is 9.18 Å². The highest BCUT2D eigenvalue weighted by atomic mass is 19.1. The van der Waals surface area contributed by atoms with Crippen LogP contribution in [0.25, 0.3) is 10.9 Å². The number of piperazine rings is 1.